The highest BCUT2D eigenvalue weighted by Gasteiger charge is 2.05. The standard InChI is InChI=1S/C19H23ClN2O4/c1-24-15-4-6-16(7-5-15)26-12-11-22-19(23)9-10-21-17-13-14(20)3-8-18(17)25-2/h3-8,13,21H,9-12H2,1-2H3,(H,22,23). The number of hydrogen-bond acceptors (Lipinski definition) is 5. The first kappa shape index (κ1) is 19.7. The van der Waals surface area contributed by atoms with Crippen LogP contribution in [0.15, 0.2) is 42.5 Å². The third-order valence-corrected chi connectivity index (χ3v) is 3.82. The Morgan fingerprint density at radius 2 is 1.73 bits per heavy atom. The Hall–Kier alpha value is -2.60. The molecule has 6 nitrogen and oxygen atoms in total. The van der Waals surface area contributed by atoms with E-state index in [1.165, 1.54) is 0 Å². The Labute approximate surface area is 158 Å². The predicted octanol–water partition coefficient (Wildman–Crippen LogP) is 3.35. The maximum Gasteiger partial charge on any atom is 0.221 e. The molecule has 0 heterocycles. The lowest BCUT2D eigenvalue weighted by atomic mass is 10.2. The Morgan fingerprint density at radius 1 is 1.00 bits per heavy atom. The minimum Gasteiger partial charge on any atom is -0.497 e. The van der Waals surface area contributed by atoms with Crippen LogP contribution in [-0.2, 0) is 4.79 Å². The van der Waals surface area contributed by atoms with E-state index in [4.69, 9.17) is 25.8 Å². The van der Waals surface area contributed by atoms with Gasteiger partial charge in [0.05, 0.1) is 26.5 Å². The number of carbonyl (C=O) groups is 1. The van der Waals surface area contributed by atoms with Crippen molar-refractivity contribution in [3.05, 3.63) is 47.5 Å². The number of anilines is 1. The first-order valence-electron chi connectivity index (χ1n) is 8.23. The van der Waals surface area contributed by atoms with Gasteiger partial charge in [-0.15, -0.1) is 0 Å². The van der Waals surface area contributed by atoms with Gasteiger partial charge < -0.3 is 24.8 Å². The molecule has 0 aromatic heterocycles. The number of methoxy groups -OCH3 is 2. The maximum atomic E-state index is 11.9. The highest BCUT2D eigenvalue weighted by atomic mass is 35.5. The lowest BCUT2D eigenvalue weighted by Gasteiger charge is -2.12. The van der Waals surface area contributed by atoms with Gasteiger partial charge in [-0.25, -0.2) is 0 Å². The lowest BCUT2D eigenvalue weighted by Crippen LogP contribution is -2.29. The molecule has 0 radical (unpaired) electrons. The van der Waals surface area contributed by atoms with Crippen LogP contribution in [0.5, 0.6) is 17.2 Å². The average molecular weight is 379 g/mol. The summed E-state index contributed by atoms with van der Waals surface area (Å²) in [6.45, 7) is 1.31. The molecule has 2 aromatic carbocycles. The SMILES string of the molecule is COc1ccc(OCCNC(=O)CCNc2cc(Cl)ccc2OC)cc1. The van der Waals surface area contributed by atoms with Gasteiger partial charge in [0.25, 0.3) is 0 Å². The van der Waals surface area contributed by atoms with Crippen molar-refractivity contribution >= 4 is 23.2 Å². The van der Waals surface area contributed by atoms with Crippen molar-refractivity contribution in [2.24, 2.45) is 0 Å². The van der Waals surface area contributed by atoms with E-state index in [0.717, 1.165) is 17.2 Å². The highest BCUT2D eigenvalue weighted by Crippen LogP contribution is 2.27. The molecule has 0 unspecified atom stereocenters. The van der Waals surface area contributed by atoms with Crippen molar-refractivity contribution in [2.75, 3.05) is 39.2 Å². The Balaban J connectivity index is 1.64. The number of amides is 1. The van der Waals surface area contributed by atoms with E-state index in [0.29, 0.717) is 36.9 Å². The summed E-state index contributed by atoms with van der Waals surface area (Å²) in [5.74, 6) is 2.13. The molecule has 0 bridgehead atoms. The molecule has 0 saturated heterocycles. The molecule has 140 valence electrons. The quantitative estimate of drug-likeness (QED) is 0.620. The minimum absolute atomic E-state index is 0.0585. The number of rotatable bonds is 10. The average Bonchev–Trinajstić information content (AvgIpc) is 2.66. The fourth-order valence-electron chi connectivity index (χ4n) is 2.25. The van der Waals surface area contributed by atoms with E-state index in [1.807, 2.05) is 24.3 Å². The zero-order valence-corrected chi connectivity index (χ0v) is 15.6. The van der Waals surface area contributed by atoms with Crippen LogP contribution in [0.1, 0.15) is 6.42 Å². The molecule has 26 heavy (non-hydrogen) atoms. The van der Waals surface area contributed by atoms with Crippen LogP contribution in [0.25, 0.3) is 0 Å². The molecule has 2 aromatic rings. The monoisotopic (exact) mass is 378 g/mol. The van der Waals surface area contributed by atoms with Crippen molar-refractivity contribution < 1.29 is 19.0 Å². The van der Waals surface area contributed by atoms with Crippen molar-refractivity contribution in [1.29, 1.82) is 0 Å². The van der Waals surface area contributed by atoms with E-state index in [1.54, 1.807) is 32.4 Å². The molecule has 0 fully saturated rings. The van der Waals surface area contributed by atoms with Crippen LogP contribution in [0.3, 0.4) is 0 Å². The first-order chi connectivity index (χ1) is 12.6. The molecule has 2 rings (SSSR count). The Bertz CT molecular complexity index is 707. The zero-order valence-electron chi connectivity index (χ0n) is 14.9. The summed E-state index contributed by atoms with van der Waals surface area (Å²) in [6, 6.07) is 12.6. The van der Waals surface area contributed by atoms with Gasteiger partial charge in [-0.3, -0.25) is 4.79 Å². The third-order valence-electron chi connectivity index (χ3n) is 3.58. The molecule has 1 amide bonds. The lowest BCUT2D eigenvalue weighted by molar-refractivity contribution is -0.120. The summed E-state index contributed by atoms with van der Waals surface area (Å²) in [5, 5.41) is 6.57. The van der Waals surface area contributed by atoms with Gasteiger partial charge >= 0.3 is 0 Å². The zero-order chi connectivity index (χ0) is 18.8. The van der Waals surface area contributed by atoms with Gasteiger partial charge in [0.1, 0.15) is 23.9 Å². The highest BCUT2D eigenvalue weighted by molar-refractivity contribution is 6.30. The molecule has 2 N–H and O–H groups in total. The predicted molar refractivity (Wildman–Crippen MR) is 103 cm³/mol. The van der Waals surface area contributed by atoms with Crippen molar-refractivity contribution in [1.82, 2.24) is 5.32 Å². The summed E-state index contributed by atoms with van der Waals surface area (Å²) in [4.78, 5) is 11.9. The number of ether oxygens (including phenoxy) is 3. The van der Waals surface area contributed by atoms with Crippen LogP contribution in [0, 0.1) is 0 Å². The fourth-order valence-corrected chi connectivity index (χ4v) is 2.42. The second-order valence-corrected chi connectivity index (χ2v) is 5.83. The number of nitrogens with one attached hydrogen (secondary N) is 2. The molecular formula is C19H23ClN2O4. The number of carbonyl (C=O) groups excluding carboxylic acids is 1. The molecule has 0 atom stereocenters. The smallest absolute Gasteiger partial charge is 0.221 e. The number of benzene rings is 2. The molecular weight excluding hydrogens is 356 g/mol. The van der Waals surface area contributed by atoms with E-state index >= 15 is 0 Å². The van der Waals surface area contributed by atoms with Crippen molar-refractivity contribution in [3.63, 3.8) is 0 Å². The van der Waals surface area contributed by atoms with Crippen LogP contribution < -0.4 is 24.8 Å². The van der Waals surface area contributed by atoms with Gasteiger partial charge in [0, 0.05) is 18.0 Å². The fraction of sp³-hybridized carbons (Fsp3) is 0.316. The van der Waals surface area contributed by atoms with E-state index in [9.17, 15) is 4.79 Å². The summed E-state index contributed by atoms with van der Waals surface area (Å²) in [6.07, 6.45) is 0.332. The maximum absolute atomic E-state index is 11.9. The van der Waals surface area contributed by atoms with Crippen LogP contribution >= 0.6 is 11.6 Å². The third kappa shape index (κ3) is 6.37. The van der Waals surface area contributed by atoms with Crippen LogP contribution in [-0.4, -0.2) is 39.8 Å². The number of halogens is 1. The first-order valence-corrected chi connectivity index (χ1v) is 8.61. The van der Waals surface area contributed by atoms with E-state index in [2.05, 4.69) is 10.6 Å². The molecule has 0 spiro atoms. The summed E-state index contributed by atoms with van der Waals surface area (Å²) >= 11 is 5.97. The summed E-state index contributed by atoms with van der Waals surface area (Å²) in [7, 11) is 3.20. The van der Waals surface area contributed by atoms with E-state index < -0.39 is 0 Å². The summed E-state index contributed by atoms with van der Waals surface area (Å²) in [5.41, 5.74) is 0.760. The van der Waals surface area contributed by atoms with Crippen molar-refractivity contribution in [2.45, 2.75) is 6.42 Å². The minimum atomic E-state index is -0.0585. The summed E-state index contributed by atoms with van der Waals surface area (Å²) < 4.78 is 15.9. The van der Waals surface area contributed by atoms with Gasteiger partial charge in [-0.2, -0.15) is 0 Å². The van der Waals surface area contributed by atoms with Crippen LogP contribution in [0.4, 0.5) is 5.69 Å². The molecule has 7 heteroatoms. The number of hydrogen-bond donors (Lipinski definition) is 2. The second kappa shape index (κ2) is 10.4. The Kier molecular flexibility index (Phi) is 7.89. The van der Waals surface area contributed by atoms with Gasteiger partial charge in [0.15, 0.2) is 0 Å². The molecule has 0 aliphatic rings. The van der Waals surface area contributed by atoms with Crippen LogP contribution in [0.2, 0.25) is 5.02 Å². The normalized spacial score (nSPS) is 10.1. The molecule has 0 saturated carbocycles. The van der Waals surface area contributed by atoms with Crippen molar-refractivity contribution in [3.8, 4) is 17.2 Å². The second-order valence-electron chi connectivity index (χ2n) is 5.40. The Morgan fingerprint density at radius 3 is 2.42 bits per heavy atom. The van der Waals surface area contributed by atoms with Gasteiger partial charge in [-0.05, 0) is 42.5 Å². The largest absolute Gasteiger partial charge is 0.497 e. The molecule has 0 aliphatic heterocycles. The topological polar surface area (TPSA) is 68.8 Å². The molecule has 0 aliphatic carbocycles. The van der Waals surface area contributed by atoms with Gasteiger partial charge in [-0.1, -0.05) is 11.6 Å². The van der Waals surface area contributed by atoms with E-state index in [-0.39, 0.29) is 5.91 Å². The van der Waals surface area contributed by atoms with Gasteiger partial charge in [0.2, 0.25) is 5.91 Å².